The smallest absolute Gasteiger partial charge is 0.264 e. The minimum atomic E-state index is 0.178. The molecule has 1 aromatic rings. The molecule has 1 atom stereocenters. The third kappa shape index (κ3) is 3.80. The molecular weight excluding hydrogens is 392 g/mol. The Kier molecular flexibility index (Phi) is 5.87. The number of thiophene rings is 1. The number of likely N-dealkylation sites (tertiary alicyclic amines) is 1. The van der Waals surface area contributed by atoms with Crippen molar-refractivity contribution < 1.29 is 4.79 Å². The van der Waals surface area contributed by atoms with Gasteiger partial charge in [-0.3, -0.25) is 4.79 Å². The minimum absolute atomic E-state index is 0.178. The molecule has 1 aliphatic heterocycles. The SMILES string of the molecule is CNCCC1CCCCN1C(=O)c1cc(Br)c(Br)s1. The van der Waals surface area contributed by atoms with Gasteiger partial charge in [0.15, 0.2) is 0 Å². The van der Waals surface area contributed by atoms with Gasteiger partial charge in [-0.15, -0.1) is 11.3 Å². The number of hydrogen-bond acceptors (Lipinski definition) is 3. The van der Waals surface area contributed by atoms with Crippen LogP contribution in [0.3, 0.4) is 0 Å². The van der Waals surface area contributed by atoms with Gasteiger partial charge in [0.05, 0.1) is 8.66 Å². The van der Waals surface area contributed by atoms with Crippen molar-refractivity contribution in [3.63, 3.8) is 0 Å². The third-order valence-electron chi connectivity index (χ3n) is 3.47. The molecule has 1 aliphatic rings. The molecule has 1 saturated heterocycles. The van der Waals surface area contributed by atoms with Crippen LogP contribution < -0.4 is 5.32 Å². The van der Waals surface area contributed by atoms with Gasteiger partial charge < -0.3 is 10.2 Å². The van der Waals surface area contributed by atoms with E-state index in [-0.39, 0.29) is 5.91 Å². The molecule has 2 rings (SSSR count). The summed E-state index contributed by atoms with van der Waals surface area (Å²) in [6.45, 7) is 1.85. The number of carbonyl (C=O) groups is 1. The standard InChI is InChI=1S/C13H18Br2N2OS/c1-16-6-5-9-4-2-3-7-17(9)13(18)11-8-10(14)12(15)19-11/h8-9,16H,2-7H2,1H3. The highest BCUT2D eigenvalue weighted by atomic mass is 79.9. The topological polar surface area (TPSA) is 32.3 Å². The number of piperidine rings is 1. The number of nitrogens with one attached hydrogen (secondary N) is 1. The van der Waals surface area contributed by atoms with Crippen LogP contribution >= 0.6 is 43.2 Å². The molecule has 106 valence electrons. The summed E-state index contributed by atoms with van der Waals surface area (Å²) in [6.07, 6.45) is 4.52. The fourth-order valence-electron chi connectivity index (χ4n) is 2.47. The average Bonchev–Trinajstić information content (AvgIpc) is 2.76. The molecule has 0 aromatic carbocycles. The molecule has 0 aliphatic carbocycles. The van der Waals surface area contributed by atoms with Crippen LogP contribution in [0.2, 0.25) is 0 Å². The molecule has 1 amide bonds. The van der Waals surface area contributed by atoms with Gasteiger partial charge in [-0.1, -0.05) is 0 Å². The molecule has 1 N–H and O–H groups in total. The molecular formula is C13H18Br2N2OS. The molecule has 1 aromatic heterocycles. The maximum absolute atomic E-state index is 12.6. The molecule has 2 heterocycles. The van der Waals surface area contributed by atoms with E-state index in [1.54, 1.807) is 0 Å². The lowest BCUT2D eigenvalue weighted by Crippen LogP contribution is -2.44. The average molecular weight is 410 g/mol. The second-order valence-electron chi connectivity index (χ2n) is 4.77. The highest BCUT2D eigenvalue weighted by molar-refractivity contribution is 9.13. The van der Waals surface area contributed by atoms with E-state index >= 15 is 0 Å². The summed E-state index contributed by atoms with van der Waals surface area (Å²) in [6, 6.07) is 2.30. The Morgan fingerprint density at radius 1 is 1.53 bits per heavy atom. The van der Waals surface area contributed by atoms with Gasteiger partial charge in [-0.25, -0.2) is 0 Å². The zero-order valence-electron chi connectivity index (χ0n) is 10.9. The minimum Gasteiger partial charge on any atom is -0.335 e. The van der Waals surface area contributed by atoms with Crippen molar-refractivity contribution in [1.82, 2.24) is 10.2 Å². The van der Waals surface area contributed by atoms with Crippen molar-refractivity contribution in [1.29, 1.82) is 0 Å². The predicted octanol–water partition coefficient (Wildman–Crippen LogP) is 3.88. The molecule has 0 spiro atoms. The second-order valence-corrected chi connectivity index (χ2v) is 8.00. The lowest BCUT2D eigenvalue weighted by Gasteiger charge is -2.35. The molecule has 0 saturated carbocycles. The van der Waals surface area contributed by atoms with Gasteiger partial charge in [0, 0.05) is 17.1 Å². The van der Waals surface area contributed by atoms with Crippen molar-refractivity contribution >= 4 is 49.1 Å². The fraction of sp³-hybridized carbons (Fsp3) is 0.615. The Balaban J connectivity index is 2.10. The summed E-state index contributed by atoms with van der Waals surface area (Å²) in [7, 11) is 1.96. The van der Waals surface area contributed by atoms with E-state index in [1.807, 2.05) is 13.1 Å². The van der Waals surface area contributed by atoms with Gasteiger partial charge in [0.1, 0.15) is 0 Å². The van der Waals surface area contributed by atoms with Gasteiger partial charge >= 0.3 is 0 Å². The number of rotatable bonds is 4. The van der Waals surface area contributed by atoms with Crippen molar-refractivity contribution in [2.45, 2.75) is 31.7 Å². The number of hydrogen-bond donors (Lipinski definition) is 1. The van der Waals surface area contributed by atoms with Crippen LogP contribution in [0.5, 0.6) is 0 Å². The summed E-state index contributed by atoms with van der Waals surface area (Å²) in [5, 5.41) is 3.18. The van der Waals surface area contributed by atoms with E-state index in [0.717, 1.165) is 45.5 Å². The molecule has 3 nitrogen and oxygen atoms in total. The molecule has 0 bridgehead atoms. The normalized spacial score (nSPS) is 19.7. The number of nitrogens with zero attached hydrogens (tertiary/aromatic N) is 1. The Bertz CT molecular complexity index is 430. The molecule has 0 radical (unpaired) electrons. The Hall–Kier alpha value is 0.0900. The van der Waals surface area contributed by atoms with Crippen LogP contribution in [0.25, 0.3) is 0 Å². The molecule has 1 unspecified atom stereocenters. The van der Waals surface area contributed by atoms with Crippen LogP contribution in [-0.2, 0) is 0 Å². The first-order chi connectivity index (χ1) is 9.13. The van der Waals surface area contributed by atoms with Crippen molar-refractivity contribution in [2.24, 2.45) is 0 Å². The summed E-state index contributed by atoms with van der Waals surface area (Å²) in [5.74, 6) is 0.178. The van der Waals surface area contributed by atoms with E-state index in [2.05, 4.69) is 42.1 Å². The molecule has 19 heavy (non-hydrogen) atoms. The summed E-state index contributed by atoms with van der Waals surface area (Å²) in [4.78, 5) is 15.5. The summed E-state index contributed by atoms with van der Waals surface area (Å²) < 4.78 is 1.95. The highest BCUT2D eigenvalue weighted by Crippen LogP contribution is 2.34. The summed E-state index contributed by atoms with van der Waals surface area (Å²) >= 11 is 8.41. The van der Waals surface area contributed by atoms with Gasteiger partial charge in [-0.2, -0.15) is 0 Å². The maximum Gasteiger partial charge on any atom is 0.264 e. The first kappa shape index (κ1) is 15.5. The Labute approximate surface area is 135 Å². The predicted molar refractivity (Wildman–Crippen MR) is 86.9 cm³/mol. The monoisotopic (exact) mass is 408 g/mol. The van der Waals surface area contributed by atoms with Crippen molar-refractivity contribution in [2.75, 3.05) is 20.1 Å². The number of carbonyl (C=O) groups excluding carboxylic acids is 1. The second kappa shape index (κ2) is 7.20. The molecule has 6 heteroatoms. The van der Waals surface area contributed by atoms with Crippen LogP contribution in [0.4, 0.5) is 0 Å². The highest BCUT2D eigenvalue weighted by Gasteiger charge is 2.28. The van der Waals surface area contributed by atoms with Crippen molar-refractivity contribution in [3.8, 4) is 0 Å². The van der Waals surface area contributed by atoms with Gasteiger partial charge in [0.25, 0.3) is 5.91 Å². The van der Waals surface area contributed by atoms with Crippen LogP contribution in [0, 0.1) is 0 Å². The van der Waals surface area contributed by atoms with E-state index in [4.69, 9.17) is 0 Å². The maximum atomic E-state index is 12.6. The quantitative estimate of drug-likeness (QED) is 0.818. The Morgan fingerprint density at radius 3 is 2.95 bits per heavy atom. The van der Waals surface area contributed by atoms with Crippen molar-refractivity contribution in [3.05, 3.63) is 19.2 Å². The number of amides is 1. The van der Waals surface area contributed by atoms with Gasteiger partial charge in [0.2, 0.25) is 0 Å². The van der Waals surface area contributed by atoms with Crippen LogP contribution in [0.1, 0.15) is 35.4 Å². The van der Waals surface area contributed by atoms with E-state index < -0.39 is 0 Å². The first-order valence-electron chi connectivity index (χ1n) is 6.54. The van der Waals surface area contributed by atoms with Gasteiger partial charge in [-0.05, 0) is 77.2 Å². The lowest BCUT2D eigenvalue weighted by molar-refractivity contribution is 0.0607. The Morgan fingerprint density at radius 2 is 2.32 bits per heavy atom. The van der Waals surface area contributed by atoms with E-state index in [9.17, 15) is 4.79 Å². The largest absolute Gasteiger partial charge is 0.335 e. The fourth-order valence-corrected chi connectivity index (χ4v) is 4.46. The molecule has 1 fully saturated rings. The van der Waals surface area contributed by atoms with E-state index in [0.29, 0.717) is 6.04 Å². The van der Waals surface area contributed by atoms with E-state index in [1.165, 1.54) is 17.8 Å². The van der Waals surface area contributed by atoms with Crippen LogP contribution in [-0.4, -0.2) is 37.0 Å². The summed E-state index contributed by atoms with van der Waals surface area (Å²) in [5.41, 5.74) is 0. The zero-order chi connectivity index (χ0) is 13.8. The third-order valence-corrected chi connectivity index (χ3v) is 6.72. The lowest BCUT2D eigenvalue weighted by atomic mass is 9.99. The first-order valence-corrected chi connectivity index (χ1v) is 8.94. The van der Waals surface area contributed by atoms with Crippen LogP contribution in [0.15, 0.2) is 14.3 Å². The number of halogens is 2. The zero-order valence-corrected chi connectivity index (χ0v) is 14.9.